The van der Waals surface area contributed by atoms with Crippen LogP contribution in [0.25, 0.3) is 0 Å². The molecule has 1 aliphatic rings. The van der Waals surface area contributed by atoms with Crippen molar-refractivity contribution < 1.29 is 14.7 Å². The van der Waals surface area contributed by atoms with Gasteiger partial charge in [-0.1, -0.05) is 6.92 Å². The Morgan fingerprint density at radius 1 is 1.53 bits per heavy atom. The molecule has 1 unspecified atom stereocenters. The van der Waals surface area contributed by atoms with Gasteiger partial charge in [-0.3, -0.25) is 9.59 Å². The van der Waals surface area contributed by atoms with Crippen molar-refractivity contribution >= 4 is 11.9 Å². The third-order valence-electron chi connectivity index (χ3n) is 3.51. The minimum absolute atomic E-state index is 0.0475. The summed E-state index contributed by atoms with van der Waals surface area (Å²) in [5.74, 6) is -0.421. The van der Waals surface area contributed by atoms with E-state index in [4.69, 9.17) is 5.11 Å². The third-order valence-corrected chi connectivity index (χ3v) is 3.51. The van der Waals surface area contributed by atoms with Crippen LogP contribution in [0.2, 0.25) is 0 Å². The quantitative estimate of drug-likeness (QED) is 0.824. The first-order valence-electron chi connectivity index (χ1n) is 6.62. The summed E-state index contributed by atoms with van der Waals surface area (Å²) in [6.07, 6.45) is 5.56. The largest absolute Gasteiger partial charge is 0.481 e. The number of aromatic nitrogens is 2. The first-order valence-corrected chi connectivity index (χ1v) is 6.62. The molecule has 6 heteroatoms. The maximum Gasteiger partial charge on any atom is 0.308 e. The fourth-order valence-corrected chi connectivity index (χ4v) is 2.44. The van der Waals surface area contributed by atoms with Crippen LogP contribution in [0.4, 0.5) is 0 Å². The molecule has 0 radical (unpaired) electrons. The number of imidazole rings is 1. The van der Waals surface area contributed by atoms with Crippen LogP contribution in [-0.2, 0) is 22.6 Å². The van der Waals surface area contributed by atoms with Gasteiger partial charge in [-0.25, -0.2) is 4.98 Å². The molecule has 1 atom stereocenters. The lowest BCUT2D eigenvalue weighted by molar-refractivity contribution is -0.141. The van der Waals surface area contributed by atoms with Crippen LogP contribution in [0.5, 0.6) is 0 Å². The van der Waals surface area contributed by atoms with E-state index in [1.807, 2.05) is 6.20 Å². The zero-order chi connectivity index (χ0) is 13.8. The molecule has 0 aliphatic carbocycles. The van der Waals surface area contributed by atoms with E-state index in [0.29, 0.717) is 13.1 Å². The maximum atomic E-state index is 11.6. The molecule has 0 bridgehead atoms. The van der Waals surface area contributed by atoms with E-state index >= 15 is 0 Å². The topological polar surface area (TPSA) is 75.4 Å². The highest BCUT2D eigenvalue weighted by Gasteiger charge is 2.33. The Balaban J connectivity index is 1.80. The molecule has 1 aliphatic heterocycles. The van der Waals surface area contributed by atoms with E-state index in [1.54, 1.807) is 11.1 Å². The number of hydrogen-bond acceptors (Lipinski definition) is 3. The number of amides is 1. The molecular formula is C13H19N3O3. The fourth-order valence-electron chi connectivity index (χ4n) is 2.44. The van der Waals surface area contributed by atoms with Crippen LogP contribution >= 0.6 is 0 Å². The molecule has 1 N–H and O–H groups in total. The summed E-state index contributed by atoms with van der Waals surface area (Å²) in [6, 6.07) is 0. The van der Waals surface area contributed by atoms with E-state index in [0.717, 1.165) is 25.2 Å². The lowest BCUT2D eigenvalue weighted by Crippen LogP contribution is -2.28. The Kier molecular flexibility index (Phi) is 4.19. The summed E-state index contributed by atoms with van der Waals surface area (Å²) in [7, 11) is 0. The minimum Gasteiger partial charge on any atom is -0.481 e. The van der Waals surface area contributed by atoms with Gasteiger partial charge in [-0.05, 0) is 6.42 Å². The van der Waals surface area contributed by atoms with Gasteiger partial charge >= 0.3 is 5.97 Å². The monoisotopic (exact) mass is 265 g/mol. The van der Waals surface area contributed by atoms with E-state index in [9.17, 15) is 9.59 Å². The Hall–Kier alpha value is -1.85. The molecule has 0 aromatic carbocycles. The molecule has 1 amide bonds. The van der Waals surface area contributed by atoms with Crippen molar-refractivity contribution in [1.82, 2.24) is 14.5 Å². The van der Waals surface area contributed by atoms with E-state index in [1.165, 1.54) is 0 Å². The van der Waals surface area contributed by atoms with Crippen molar-refractivity contribution in [2.75, 3.05) is 13.1 Å². The number of carbonyl (C=O) groups is 2. The predicted octanol–water partition coefficient (Wildman–Crippen LogP) is 0.769. The average Bonchev–Trinajstić information content (AvgIpc) is 2.96. The number of carbonyl (C=O) groups excluding carboxylic acids is 1. The highest BCUT2D eigenvalue weighted by Crippen LogP contribution is 2.18. The molecular weight excluding hydrogens is 246 g/mol. The van der Waals surface area contributed by atoms with Gasteiger partial charge in [0.1, 0.15) is 5.82 Å². The average molecular weight is 265 g/mol. The number of aliphatic carboxylic acids is 1. The molecule has 1 aromatic heterocycles. The Morgan fingerprint density at radius 2 is 2.32 bits per heavy atom. The predicted molar refractivity (Wildman–Crippen MR) is 68.5 cm³/mol. The van der Waals surface area contributed by atoms with Gasteiger partial charge in [0.2, 0.25) is 5.91 Å². The normalized spacial score (nSPS) is 19.1. The molecule has 6 nitrogen and oxygen atoms in total. The molecule has 0 saturated carbocycles. The third kappa shape index (κ3) is 3.13. The number of carboxylic acids is 1. The first kappa shape index (κ1) is 13.6. The molecule has 2 heterocycles. The summed E-state index contributed by atoms with van der Waals surface area (Å²) in [4.78, 5) is 28.4. The van der Waals surface area contributed by atoms with E-state index in [-0.39, 0.29) is 12.3 Å². The Morgan fingerprint density at radius 3 is 2.95 bits per heavy atom. The van der Waals surface area contributed by atoms with Crippen LogP contribution in [0.1, 0.15) is 25.6 Å². The van der Waals surface area contributed by atoms with Crippen LogP contribution in [0.15, 0.2) is 12.4 Å². The summed E-state index contributed by atoms with van der Waals surface area (Å²) in [5, 5.41) is 8.90. The van der Waals surface area contributed by atoms with Gasteiger partial charge < -0.3 is 14.6 Å². The fraction of sp³-hybridized carbons (Fsp3) is 0.615. The lowest BCUT2D eigenvalue weighted by Gasteiger charge is -2.16. The number of aryl methyl sites for hydroxylation is 2. The molecule has 104 valence electrons. The van der Waals surface area contributed by atoms with Gasteiger partial charge in [0.05, 0.1) is 5.92 Å². The van der Waals surface area contributed by atoms with E-state index < -0.39 is 11.9 Å². The van der Waals surface area contributed by atoms with Crippen molar-refractivity contribution in [2.24, 2.45) is 5.92 Å². The number of hydrogen-bond donors (Lipinski definition) is 1. The second kappa shape index (κ2) is 5.86. The highest BCUT2D eigenvalue weighted by molar-refractivity contribution is 5.86. The maximum absolute atomic E-state index is 11.6. The summed E-state index contributed by atoms with van der Waals surface area (Å²) in [5.41, 5.74) is 0. The number of likely N-dealkylation sites (tertiary alicyclic amines) is 1. The van der Waals surface area contributed by atoms with Crippen LogP contribution in [-0.4, -0.2) is 44.5 Å². The minimum atomic E-state index is -0.876. The van der Waals surface area contributed by atoms with Crippen molar-refractivity contribution in [3.8, 4) is 0 Å². The number of rotatable bonds is 6. The smallest absolute Gasteiger partial charge is 0.308 e. The van der Waals surface area contributed by atoms with Gasteiger partial charge in [0, 0.05) is 44.9 Å². The standard InChI is InChI=1S/C13H19N3O3/c1-2-11-14-4-7-15(11)5-3-6-16-9-10(13(18)19)8-12(16)17/h4,7,10H,2-3,5-6,8-9H2,1H3,(H,18,19). The van der Waals surface area contributed by atoms with Gasteiger partial charge in [-0.15, -0.1) is 0 Å². The summed E-state index contributed by atoms with van der Waals surface area (Å²) in [6.45, 7) is 3.83. The van der Waals surface area contributed by atoms with Crippen molar-refractivity contribution in [3.63, 3.8) is 0 Å². The van der Waals surface area contributed by atoms with Crippen LogP contribution in [0.3, 0.4) is 0 Å². The zero-order valence-corrected chi connectivity index (χ0v) is 11.1. The Labute approximate surface area is 112 Å². The first-order chi connectivity index (χ1) is 9.11. The second-order valence-electron chi connectivity index (χ2n) is 4.82. The SMILES string of the molecule is CCc1nccn1CCCN1CC(C(=O)O)CC1=O. The van der Waals surface area contributed by atoms with Crippen molar-refractivity contribution in [3.05, 3.63) is 18.2 Å². The second-order valence-corrected chi connectivity index (χ2v) is 4.82. The van der Waals surface area contributed by atoms with Gasteiger partial charge in [0.25, 0.3) is 0 Å². The van der Waals surface area contributed by atoms with Crippen molar-refractivity contribution in [2.45, 2.75) is 32.7 Å². The molecule has 19 heavy (non-hydrogen) atoms. The van der Waals surface area contributed by atoms with Crippen molar-refractivity contribution in [1.29, 1.82) is 0 Å². The summed E-state index contributed by atoms with van der Waals surface area (Å²) < 4.78 is 2.08. The zero-order valence-electron chi connectivity index (χ0n) is 11.1. The van der Waals surface area contributed by atoms with E-state index in [2.05, 4.69) is 16.5 Å². The lowest BCUT2D eigenvalue weighted by atomic mass is 10.1. The molecule has 1 saturated heterocycles. The highest BCUT2D eigenvalue weighted by atomic mass is 16.4. The Bertz CT molecular complexity index is 469. The van der Waals surface area contributed by atoms with Crippen LogP contribution in [0, 0.1) is 5.92 Å². The number of nitrogens with zero attached hydrogens (tertiary/aromatic N) is 3. The van der Waals surface area contributed by atoms with Gasteiger partial charge in [-0.2, -0.15) is 0 Å². The molecule has 1 fully saturated rings. The van der Waals surface area contributed by atoms with Gasteiger partial charge in [0.15, 0.2) is 0 Å². The van der Waals surface area contributed by atoms with Crippen LogP contribution < -0.4 is 0 Å². The molecule has 1 aromatic rings. The molecule has 0 spiro atoms. The number of carboxylic acid groups (broad SMARTS) is 1. The molecule has 2 rings (SSSR count). The summed E-state index contributed by atoms with van der Waals surface area (Å²) >= 11 is 0.